The zero-order chi connectivity index (χ0) is 9.68. The van der Waals surface area contributed by atoms with Gasteiger partial charge in [0.2, 0.25) is 0 Å². The molecule has 0 saturated heterocycles. The largest absolute Gasteiger partial charge is 0.105 e. The van der Waals surface area contributed by atoms with Crippen LogP contribution in [0.15, 0.2) is 0 Å². The number of hydrogen-bond donors (Lipinski definition) is 0. The van der Waals surface area contributed by atoms with E-state index < -0.39 is 0 Å². The Kier molecular flexibility index (Phi) is 4.91. The summed E-state index contributed by atoms with van der Waals surface area (Å²) in [5.74, 6) is 2.95. The van der Waals surface area contributed by atoms with E-state index in [1.54, 1.807) is 0 Å². The molecule has 0 aromatic rings. The molecule has 1 atom stereocenters. The first-order valence-corrected chi connectivity index (χ1v) is 6.18. The van der Waals surface area contributed by atoms with Crippen LogP contribution in [-0.4, -0.2) is 7.85 Å². The molecule has 0 bridgehead atoms. The molecule has 0 aromatic heterocycles. The van der Waals surface area contributed by atoms with Gasteiger partial charge in [0.1, 0.15) is 7.85 Å². The van der Waals surface area contributed by atoms with Gasteiger partial charge in [-0.1, -0.05) is 64.6 Å². The van der Waals surface area contributed by atoms with Crippen LogP contribution < -0.4 is 0 Å². The van der Waals surface area contributed by atoms with Crippen LogP contribution in [0.25, 0.3) is 0 Å². The van der Waals surface area contributed by atoms with Crippen molar-refractivity contribution in [1.29, 1.82) is 0 Å². The average Bonchev–Trinajstić information content (AvgIpc) is 1.99. The predicted octanol–water partition coefficient (Wildman–Crippen LogP) is 3.42. The van der Waals surface area contributed by atoms with Crippen molar-refractivity contribution >= 4 is 7.85 Å². The first kappa shape index (κ1) is 11.1. The second kappa shape index (κ2) is 5.72. The van der Waals surface area contributed by atoms with Gasteiger partial charge in [0.15, 0.2) is 0 Å². The van der Waals surface area contributed by atoms with Crippen LogP contribution in [0.1, 0.15) is 58.8 Å². The molecule has 76 valence electrons. The Labute approximate surface area is 84.9 Å². The molecule has 0 radical (unpaired) electrons. The molecular formula is C12H25B. The van der Waals surface area contributed by atoms with Gasteiger partial charge in [0.25, 0.3) is 0 Å². The van der Waals surface area contributed by atoms with Crippen LogP contribution >= 0.6 is 0 Å². The Bertz CT molecular complexity index is 121. The number of rotatable bonds is 2. The lowest BCUT2D eigenvalue weighted by atomic mass is 9.76. The summed E-state index contributed by atoms with van der Waals surface area (Å²) < 4.78 is 0. The van der Waals surface area contributed by atoms with E-state index in [1.807, 2.05) is 0 Å². The van der Waals surface area contributed by atoms with Crippen molar-refractivity contribution in [3.8, 4) is 0 Å². The van der Waals surface area contributed by atoms with Gasteiger partial charge in [0, 0.05) is 0 Å². The van der Waals surface area contributed by atoms with Crippen LogP contribution in [0.5, 0.6) is 0 Å². The molecule has 0 aliphatic heterocycles. The monoisotopic (exact) mass is 180 g/mol. The minimum absolute atomic E-state index is 0.904. The predicted molar refractivity (Wildman–Crippen MR) is 62.9 cm³/mol. The Morgan fingerprint density at radius 3 is 2.15 bits per heavy atom. The zero-order valence-electron chi connectivity index (χ0n) is 9.68. The van der Waals surface area contributed by atoms with Crippen molar-refractivity contribution in [1.82, 2.24) is 0 Å². The van der Waals surface area contributed by atoms with Crippen LogP contribution in [-0.2, 0) is 0 Å². The van der Waals surface area contributed by atoms with E-state index in [0.717, 1.165) is 17.7 Å². The van der Waals surface area contributed by atoms with E-state index in [1.165, 1.54) is 44.9 Å². The van der Waals surface area contributed by atoms with Gasteiger partial charge in [0.05, 0.1) is 0 Å². The van der Waals surface area contributed by atoms with Crippen molar-refractivity contribution in [3.63, 3.8) is 0 Å². The van der Waals surface area contributed by atoms with E-state index in [9.17, 15) is 0 Å². The smallest absolute Gasteiger partial charge is 0.0722 e. The molecule has 13 heavy (non-hydrogen) atoms. The van der Waals surface area contributed by atoms with Gasteiger partial charge < -0.3 is 0 Å². The third kappa shape index (κ3) is 4.74. The molecular weight excluding hydrogens is 155 g/mol. The topological polar surface area (TPSA) is 0 Å². The highest BCUT2D eigenvalue weighted by atomic mass is 14.2. The molecule has 1 saturated carbocycles. The molecule has 0 aromatic carbocycles. The van der Waals surface area contributed by atoms with Crippen LogP contribution in [0.4, 0.5) is 0 Å². The summed E-state index contributed by atoms with van der Waals surface area (Å²) in [7, 11) is 2.36. The summed E-state index contributed by atoms with van der Waals surface area (Å²) in [6, 6.07) is 0. The van der Waals surface area contributed by atoms with Crippen LogP contribution in [0, 0.1) is 11.8 Å². The summed E-state index contributed by atoms with van der Waals surface area (Å²) >= 11 is 0. The van der Waals surface area contributed by atoms with E-state index in [-0.39, 0.29) is 0 Å². The van der Waals surface area contributed by atoms with E-state index in [0.29, 0.717) is 0 Å². The number of hydrogen-bond acceptors (Lipinski definition) is 0. The van der Waals surface area contributed by atoms with Gasteiger partial charge in [-0.05, 0) is 11.8 Å². The first-order chi connectivity index (χ1) is 6.18. The molecule has 0 amide bonds. The summed E-state index contributed by atoms with van der Waals surface area (Å²) in [4.78, 5) is 0. The van der Waals surface area contributed by atoms with Gasteiger partial charge in [-0.3, -0.25) is 0 Å². The fourth-order valence-corrected chi connectivity index (χ4v) is 2.70. The fraction of sp³-hybridized carbons (Fsp3) is 1.00. The van der Waals surface area contributed by atoms with Crippen LogP contribution in [0.2, 0.25) is 5.82 Å². The van der Waals surface area contributed by atoms with Crippen molar-refractivity contribution in [2.45, 2.75) is 64.6 Å². The second-order valence-corrected chi connectivity index (χ2v) is 5.46. The van der Waals surface area contributed by atoms with Crippen LogP contribution in [0.3, 0.4) is 0 Å². The minimum Gasteiger partial charge on any atom is -0.0722 e. The SMILES string of the molecule is B[C@@H](C)CC1CCCC(C)CCC1. The van der Waals surface area contributed by atoms with Crippen molar-refractivity contribution < 1.29 is 0 Å². The van der Waals surface area contributed by atoms with Gasteiger partial charge in [-0.15, -0.1) is 0 Å². The van der Waals surface area contributed by atoms with Gasteiger partial charge >= 0.3 is 0 Å². The average molecular weight is 180 g/mol. The molecule has 0 heterocycles. The molecule has 0 N–H and O–H groups in total. The van der Waals surface area contributed by atoms with Crippen molar-refractivity contribution in [2.24, 2.45) is 11.8 Å². The third-order valence-corrected chi connectivity index (χ3v) is 3.42. The Balaban J connectivity index is 2.24. The Morgan fingerprint density at radius 1 is 1.15 bits per heavy atom. The molecule has 0 unspecified atom stereocenters. The fourth-order valence-electron chi connectivity index (χ4n) is 2.70. The highest BCUT2D eigenvalue weighted by Gasteiger charge is 2.15. The van der Waals surface area contributed by atoms with Crippen molar-refractivity contribution in [3.05, 3.63) is 0 Å². The zero-order valence-corrected chi connectivity index (χ0v) is 9.68. The second-order valence-electron chi connectivity index (χ2n) is 5.46. The lowest BCUT2D eigenvalue weighted by Gasteiger charge is -2.23. The molecule has 0 nitrogen and oxygen atoms in total. The summed E-state index contributed by atoms with van der Waals surface area (Å²) in [6.45, 7) is 4.78. The maximum Gasteiger partial charge on any atom is 0.105 e. The van der Waals surface area contributed by atoms with Crippen molar-refractivity contribution in [2.75, 3.05) is 0 Å². The van der Waals surface area contributed by atoms with Gasteiger partial charge in [-0.25, -0.2) is 0 Å². The third-order valence-electron chi connectivity index (χ3n) is 3.42. The quantitative estimate of drug-likeness (QED) is 0.571. The normalized spacial score (nSPS) is 33.4. The lowest BCUT2D eigenvalue weighted by molar-refractivity contribution is 0.316. The molecule has 1 aliphatic carbocycles. The molecule has 0 spiro atoms. The molecule has 1 heteroatoms. The molecule has 1 rings (SSSR count). The Morgan fingerprint density at radius 2 is 1.69 bits per heavy atom. The summed E-state index contributed by atoms with van der Waals surface area (Å²) in [5, 5.41) is 0. The standard InChI is InChI=1S/C12H25B/c1-10-5-3-7-12(8-4-6-10)9-11(2)13/h10-12H,3-9,13H2,1-2H3/t10?,11-,12?/m0/s1. The minimum atomic E-state index is 0.904. The first-order valence-electron chi connectivity index (χ1n) is 6.18. The Hall–Kier alpha value is 0.0649. The molecule has 1 fully saturated rings. The lowest BCUT2D eigenvalue weighted by Crippen LogP contribution is -2.09. The highest BCUT2D eigenvalue weighted by molar-refractivity contribution is 6.11. The van der Waals surface area contributed by atoms with E-state index >= 15 is 0 Å². The van der Waals surface area contributed by atoms with Gasteiger partial charge in [-0.2, -0.15) is 0 Å². The summed E-state index contributed by atoms with van der Waals surface area (Å²) in [5.41, 5.74) is 0. The maximum absolute atomic E-state index is 2.42. The molecule has 1 aliphatic rings. The maximum atomic E-state index is 2.42. The summed E-state index contributed by atoms with van der Waals surface area (Å²) in [6.07, 6.45) is 10.4. The van der Waals surface area contributed by atoms with E-state index in [4.69, 9.17) is 0 Å². The van der Waals surface area contributed by atoms with E-state index in [2.05, 4.69) is 21.7 Å². The highest BCUT2D eigenvalue weighted by Crippen LogP contribution is 2.30.